The van der Waals surface area contributed by atoms with Gasteiger partial charge in [0.25, 0.3) is 0 Å². The molecule has 2 rings (SSSR count). The molecule has 0 aliphatic rings. The van der Waals surface area contributed by atoms with Crippen molar-refractivity contribution in [1.82, 2.24) is 0 Å². The van der Waals surface area contributed by atoms with Crippen molar-refractivity contribution in [3.63, 3.8) is 0 Å². The summed E-state index contributed by atoms with van der Waals surface area (Å²) in [6, 6.07) is 16.2. The number of hydrogen-bond acceptors (Lipinski definition) is 1. The Balaban J connectivity index is 2.21. The molecule has 0 bridgehead atoms. The molecule has 94 valence electrons. The highest BCUT2D eigenvalue weighted by molar-refractivity contribution is 6.30. The molecule has 0 radical (unpaired) electrons. The molecule has 0 saturated heterocycles. The van der Waals surface area contributed by atoms with Gasteiger partial charge in [-0.3, -0.25) is 0 Å². The van der Waals surface area contributed by atoms with Gasteiger partial charge in [-0.15, -0.1) is 11.6 Å². The molecule has 2 aromatic carbocycles. The molecule has 0 heterocycles. The maximum absolute atomic E-state index is 5.98. The molecule has 0 amide bonds. The summed E-state index contributed by atoms with van der Waals surface area (Å²) >= 11 is 11.9. The maximum atomic E-state index is 5.98. The molecule has 0 saturated carbocycles. The summed E-state index contributed by atoms with van der Waals surface area (Å²) in [5.41, 5.74) is 3.45. The van der Waals surface area contributed by atoms with E-state index in [0.717, 1.165) is 22.8 Å². The standard InChI is InChI=1S/C15H15Cl2N/c1-18(11-12-5-3-2-4-6-12)15-8-7-14(17)9-13(15)10-16/h2-9H,10-11H2,1H3. The van der Waals surface area contributed by atoms with E-state index in [2.05, 4.69) is 24.1 Å². The van der Waals surface area contributed by atoms with Gasteiger partial charge in [-0.2, -0.15) is 0 Å². The van der Waals surface area contributed by atoms with Crippen LogP contribution in [-0.4, -0.2) is 7.05 Å². The summed E-state index contributed by atoms with van der Waals surface area (Å²) in [5, 5.41) is 0.725. The van der Waals surface area contributed by atoms with Gasteiger partial charge in [-0.25, -0.2) is 0 Å². The summed E-state index contributed by atoms with van der Waals surface area (Å²) in [7, 11) is 2.06. The molecule has 0 spiro atoms. The van der Waals surface area contributed by atoms with E-state index in [-0.39, 0.29) is 0 Å². The van der Waals surface area contributed by atoms with Gasteiger partial charge in [-0.05, 0) is 29.3 Å². The molecule has 3 heteroatoms. The third-order valence-electron chi connectivity index (χ3n) is 2.86. The predicted octanol–water partition coefficient (Wildman–Crippen LogP) is 4.72. The van der Waals surface area contributed by atoms with Crippen molar-refractivity contribution in [3.05, 3.63) is 64.7 Å². The van der Waals surface area contributed by atoms with Gasteiger partial charge in [0, 0.05) is 30.2 Å². The second-order valence-electron chi connectivity index (χ2n) is 4.25. The Labute approximate surface area is 118 Å². The zero-order chi connectivity index (χ0) is 13.0. The van der Waals surface area contributed by atoms with Gasteiger partial charge in [0.1, 0.15) is 0 Å². The van der Waals surface area contributed by atoms with Crippen molar-refractivity contribution in [2.24, 2.45) is 0 Å². The molecule has 18 heavy (non-hydrogen) atoms. The van der Waals surface area contributed by atoms with E-state index < -0.39 is 0 Å². The van der Waals surface area contributed by atoms with Crippen molar-refractivity contribution in [1.29, 1.82) is 0 Å². The number of rotatable bonds is 4. The quantitative estimate of drug-likeness (QED) is 0.733. The molecule has 1 nitrogen and oxygen atoms in total. The van der Waals surface area contributed by atoms with Gasteiger partial charge in [0.15, 0.2) is 0 Å². The van der Waals surface area contributed by atoms with Gasteiger partial charge >= 0.3 is 0 Å². The first-order valence-electron chi connectivity index (χ1n) is 5.80. The molecule has 0 aliphatic heterocycles. The van der Waals surface area contributed by atoms with Crippen LogP contribution in [0.15, 0.2) is 48.5 Å². The summed E-state index contributed by atoms with van der Waals surface area (Å²) in [6.45, 7) is 0.854. The minimum Gasteiger partial charge on any atom is -0.370 e. The van der Waals surface area contributed by atoms with Crippen LogP contribution in [0.3, 0.4) is 0 Å². The Morgan fingerprint density at radius 3 is 2.44 bits per heavy atom. The van der Waals surface area contributed by atoms with E-state index >= 15 is 0 Å². The Kier molecular flexibility index (Phi) is 4.51. The van der Waals surface area contributed by atoms with E-state index in [1.54, 1.807) is 0 Å². The highest BCUT2D eigenvalue weighted by Gasteiger charge is 2.08. The average Bonchev–Trinajstić information content (AvgIpc) is 2.39. The van der Waals surface area contributed by atoms with Crippen LogP contribution in [0.1, 0.15) is 11.1 Å². The van der Waals surface area contributed by atoms with Crippen molar-refractivity contribution in [2.75, 3.05) is 11.9 Å². The monoisotopic (exact) mass is 279 g/mol. The number of benzene rings is 2. The normalized spacial score (nSPS) is 10.4. The topological polar surface area (TPSA) is 3.24 Å². The average molecular weight is 280 g/mol. The van der Waals surface area contributed by atoms with E-state index in [1.165, 1.54) is 5.56 Å². The first-order valence-corrected chi connectivity index (χ1v) is 6.71. The van der Waals surface area contributed by atoms with E-state index in [0.29, 0.717) is 5.88 Å². The van der Waals surface area contributed by atoms with Gasteiger partial charge < -0.3 is 4.90 Å². The summed E-state index contributed by atoms with van der Waals surface area (Å²) in [6.07, 6.45) is 0. The highest BCUT2D eigenvalue weighted by Crippen LogP contribution is 2.26. The number of anilines is 1. The Hall–Kier alpha value is -1.18. The van der Waals surface area contributed by atoms with E-state index in [1.807, 2.05) is 36.4 Å². The zero-order valence-corrected chi connectivity index (χ0v) is 11.7. The van der Waals surface area contributed by atoms with Crippen LogP contribution >= 0.6 is 23.2 Å². The molecular formula is C15H15Cl2N. The maximum Gasteiger partial charge on any atom is 0.0495 e. The van der Waals surface area contributed by atoms with Crippen LogP contribution in [0.4, 0.5) is 5.69 Å². The van der Waals surface area contributed by atoms with E-state index in [9.17, 15) is 0 Å². The first kappa shape index (κ1) is 13.3. The van der Waals surface area contributed by atoms with Crippen LogP contribution < -0.4 is 4.90 Å². The molecular weight excluding hydrogens is 265 g/mol. The minimum atomic E-state index is 0.467. The lowest BCUT2D eigenvalue weighted by Gasteiger charge is -2.22. The third kappa shape index (κ3) is 3.18. The van der Waals surface area contributed by atoms with Gasteiger partial charge in [-0.1, -0.05) is 41.9 Å². The molecule has 2 aromatic rings. The molecule has 0 aliphatic carbocycles. The summed E-state index contributed by atoms with van der Waals surface area (Å²) < 4.78 is 0. The number of nitrogens with zero attached hydrogens (tertiary/aromatic N) is 1. The van der Waals surface area contributed by atoms with Crippen molar-refractivity contribution in [3.8, 4) is 0 Å². The van der Waals surface area contributed by atoms with Crippen LogP contribution in [0.5, 0.6) is 0 Å². The Bertz CT molecular complexity index is 511. The SMILES string of the molecule is CN(Cc1ccccc1)c1ccc(Cl)cc1CCl. The lowest BCUT2D eigenvalue weighted by molar-refractivity contribution is 0.916. The van der Waals surface area contributed by atoms with Crippen molar-refractivity contribution in [2.45, 2.75) is 12.4 Å². The number of alkyl halides is 1. The fourth-order valence-corrected chi connectivity index (χ4v) is 2.38. The van der Waals surface area contributed by atoms with Crippen LogP contribution in [-0.2, 0) is 12.4 Å². The Morgan fingerprint density at radius 1 is 1.06 bits per heavy atom. The third-order valence-corrected chi connectivity index (χ3v) is 3.38. The molecule has 0 atom stereocenters. The summed E-state index contributed by atoms with van der Waals surface area (Å²) in [4.78, 5) is 2.18. The van der Waals surface area contributed by atoms with Crippen LogP contribution in [0, 0.1) is 0 Å². The number of halogens is 2. The lowest BCUT2D eigenvalue weighted by atomic mass is 10.1. The molecule has 0 unspecified atom stereocenters. The lowest BCUT2D eigenvalue weighted by Crippen LogP contribution is -2.17. The fraction of sp³-hybridized carbons (Fsp3) is 0.200. The van der Waals surface area contributed by atoms with Gasteiger partial charge in [0.2, 0.25) is 0 Å². The van der Waals surface area contributed by atoms with E-state index in [4.69, 9.17) is 23.2 Å². The van der Waals surface area contributed by atoms with Crippen molar-refractivity contribution >= 4 is 28.9 Å². The second-order valence-corrected chi connectivity index (χ2v) is 4.95. The fourth-order valence-electron chi connectivity index (χ4n) is 1.98. The predicted molar refractivity (Wildman–Crippen MR) is 79.6 cm³/mol. The molecule has 0 N–H and O–H groups in total. The van der Waals surface area contributed by atoms with Crippen LogP contribution in [0.2, 0.25) is 5.02 Å². The molecule has 0 aromatic heterocycles. The van der Waals surface area contributed by atoms with Crippen molar-refractivity contribution < 1.29 is 0 Å². The first-order chi connectivity index (χ1) is 8.70. The molecule has 0 fully saturated rings. The van der Waals surface area contributed by atoms with Crippen LogP contribution in [0.25, 0.3) is 0 Å². The minimum absolute atomic E-state index is 0.467. The zero-order valence-electron chi connectivity index (χ0n) is 10.2. The summed E-state index contributed by atoms with van der Waals surface area (Å²) in [5.74, 6) is 0.467. The van der Waals surface area contributed by atoms with Gasteiger partial charge in [0.05, 0.1) is 0 Å². The smallest absolute Gasteiger partial charge is 0.0495 e. The largest absolute Gasteiger partial charge is 0.370 e. The highest BCUT2D eigenvalue weighted by atomic mass is 35.5. The Morgan fingerprint density at radius 2 is 1.78 bits per heavy atom. The number of hydrogen-bond donors (Lipinski definition) is 0. The second kappa shape index (κ2) is 6.12.